The molecule has 3 rings (SSSR count). The van der Waals surface area contributed by atoms with Gasteiger partial charge in [0.25, 0.3) is 0 Å². The van der Waals surface area contributed by atoms with Gasteiger partial charge in [-0.15, -0.1) is 0 Å². The molecule has 1 aliphatic rings. The summed E-state index contributed by atoms with van der Waals surface area (Å²) in [5.74, 6) is -0.491. The van der Waals surface area contributed by atoms with E-state index in [1.165, 1.54) is 6.92 Å². The summed E-state index contributed by atoms with van der Waals surface area (Å²) >= 11 is 0. The zero-order chi connectivity index (χ0) is 13.4. The number of aryl methyl sites for hydroxylation is 1. The molecule has 0 fully saturated rings. The molecule has 5 heteroatoms. The van der Waals surface area contributed by atoms with Crippen molar-refractivity contribution >= 4 is 11.5 Å². The number of anilines is 1. The van der Waals surface area contributed by atoms with Gasteiger partial charge in [-0.1, -0.05) is 6.07 Å². The number of hydrogen-bond donors (Lipinski definition) is 1. The van der Waals surface area contributed by atoms with Crippen LogP contribution in [-0.4, -0.2) is 10.8 Å². The lowest BCUT2D eigenvalue weighted by Crippen LogP contribution is -2.14. The van der Waals surface area contributed by atoms with Crippen molar-refractivity contribution < 1.29 is 8.78 Å². The maximum Gasteiger partial charge on any atom is 0.152 e. The fraction of sp³-hybridized carbons (Fsp3) is 0.143. The van der Waals surface area contributed by atoms with Crippen LogP contribution in [0.25, 0.3) is 0 Å². The van der Waals surface area contributed by atoms with Gasteiger partial charge in [0, 0.05) is 17.8 Å². The average molecular weight is 259 g/mol. The number of rotatable bonds is 1. The van der Waals surface area contributed by atoms with E-state index in [-0.39, 0.29) is 11.3 Å². The standard InChI is InChI=1S/C14H11F2N3/c1-8-5-10(15)6-11(12(8)16)19-14-13-9(7-18-14)3-2-4-17-13/h2-6H,7H2,1H3,(H,18,19). The van der Waals surface area contributed by atoms with Gasteiger partial charge in [0.1, 0.15) is 17.3 Å². The van der Waals surface area contributed by atoms with Crippen LogP contribution < -0.4 is 5.32 Å². The van der Waals surface area contributed by atoms with E-state index >= 15 is 0 Å². The number of pyridine rings is 1. The molecule has 96 valence electrons. The molecule has 0 spiro atoms. The molecule has 2 heterocycles. The first-order valence-electron chi connectivity index (χ1n) is 5.86. The van der Waals surface area contributed by atoms with Crippen LogP contribution in [0.15, 0.2) is 35.5 Å². The lowest BCUT2D eigenvalue weighted by Gasteiger charge is -2.09. The Hall–Kier alpha value is -2.30. The molecule has 0 aliphatic carbocycles. The summed E-state index contributed by atoms with van der Waals surface area (Å²) in [6.45, 7) is 2.02. The van der Waals surface area contributed by atoms with Gasteiger partial charge in [0.05, 0.1) is 12.2 Å². The van der Waals surface area contributed by atoms with Crippen LogP contribution in [0.2, 0.25) is 0 Å². The molecule has 1 aliphatic heterocycles. The monoisotopic (exact) mass is 259 g/mol. The molecule has 0 amide bonds. The third-order valence-corrected chi connectivity index (χ3v) is 3.00. The molecule has 1 aromatic carbocycles. The van der Waals surface area contributed by atoms with Crippen molar-refractivity contribution in [3.8, 4) is 0 Å². The second kappa shape index (κ2) is 4.42. The Bertz CT molecular complexity index is 680. The molecule has 0 atom stereocenters. The van der Waals surface area contributed by atoms with Crippen molar-refractivity contribution in [2.24, 2.45) is 4.99 Å². The Kier molecular flexibility index (Phi) is 2.74. The predicted molar refractivity (Wildman–Crippen MR) is 69.2 cm³/mol. The number of fused-ring (bicyclic) bond motifs is 1. The minimum absolute atomic E-state index is 0.0785. The molecule has 19 heavy (non-hydrogen) atoms. The molecule has 0 saturated heterocycles. The van der Waals surface area contributed by atoms with Gasteiger partial charge in [0.15, 0.2) is 5.84 Å². The third kappa shape index (κ3) is 2.07. The highest BCUT2D eigenvalue weighted by Crippen LogP contribution is 2.23. The number of benzene rings is 1. The van der Waals surface area contributed by atoms with Crippen molar-refractivity contribution in [1.82, 2.24) is 4.98 Å². The molecule has 0 bridgehead atoms. The zero-order valence-electron chi connectivity index (χ0n) is 10.2. The van der Waals surface area contributed by atoms with Gasteiger partial charge in [-0.2, -0.15) is 0 Å². The lowest BCUT2D eigenvalue weighted by atomic mass is 10.2. The van der Waals surface area contributed by atoms with E-state index < -0.39 is 11.6 Å². The maximum absolute atomic E-state index is 13.9. The summed E-state index contributed by atoms with van der Waals surface area (Å²) in [6.07, 6.45) is 1.65. The number of halogens is 2. The Morgan fingerprint density at radius 1 is 1.26 bits per heavy atom. The fourth-order valence-corrected chi connectivity index (χ4v) is 2.06. The van der Waals surface area contributed by atoms with Gasteiger partial charge in [-0.25, -0.2) is 8.78 Å². The first-order valence-corrected chi connectivity index (χ1v) is 5.86. The maximum atomic E-state index is 13.9. The first-order chi connectivity index (χ1) is 9.15. The molecular weight excluding hydrogens is 248 g/mol. The molecular formula is C14H11F2N3. The topological polar surface area (TPSA) is 37.3 Å². The van der Waals surface area contributed by atoms with E-state index in [2.05, 4.69) is 15.3 Å². The highest BCUT2D eigenvalue weighted by Gasteiger charge is 2.18. The molecule has 1 aromatic heterocycles. The molecule has 2 aromatic rings. The van der Waals surface area contributed by atoms with Crippen LogP contribution in [0.3, 0.4) is 0 Å². The Balaban J connectivity index is 1.96. The van der Waals surface area contributed by atoms with Gasteiger partial charge in [-0.3, -0.25) is 9.98 Å². The van der Waals surface area contributed by atoms with Crippen LogP contribution in [0, 0.1) is 18.6 Å². The molecule has 0 unspecified atom stereocenters. The summed E-state index contributed by atoms with van der Waals surface area (Å²) in [7, 11) is 0. The summed E-state index contributed by atoms with van der Waals surface area (Å²) in [4.78, 5) is 8.46. The normalized spacial score (nSPS) is 13.1. The molecule has 1 N–H and O–H groups in total. The highest BCUT2D eigenvalue weighted by molar-refractivity contribution is 6.09. The minimum atomic E-state index is -0.485. The summed E-state index contributed by atoms with van der Waals surface area (Å²) in [6, 6.07) is 6.01. The van der Waals surface area contributed by atoms with Gasteiger partial charge in [-0.05, 0) is 24.6 Å². The number of amidine groups is 1. The van der Waals surface area contributed by atoms with E-state index in [0.717, 1.165) is 17.7 Å². The largest absolute Gasteiger partial charge is 0.336 e. The summed E-state index contributed by atoms with van der Waals surface area (Å²) < 4.78 is 27.2. The van der Waals surface area contributed by atoms with Crippen LogP contribution in [0.5, 0.6) is 0 Å². The average Bonchev–Trinajstić information content (AvgIpc) is 2.79. The first kappa shape index (κ1) is 11.8. The van der Waals surface area contributed by atoms with Crippen molar-refractivity contribution in [3.05, 3.63) is 58.9 Å². The van der Waals surface area contributed by atoms with Crippen LogP contribution in [-0.2, 0) is 6.54 Å². The zero-order valence-corrected chi connectivity index (χ0v) is 10.2. The van der Waals surface area contributed by atoms with Crippen molar-refractivity contribution in [2.75, 3.05) is 5.32 Å². The van der Waals surface area contributed by atoms with Gasteiger partial charge in [0.2, 0.25) is 0 Å². The number of aliphatic imine (C=N–C) groups is 1. The van der Waals surface area contributed by atoms with E-state index in [9.17, 15) is 8.78 Å². The second-order valence-electron chi connectivity index (χ2n) is 4.39. The predicted octanol–water partition coefficient (Wildman–Crippen LogP) is 3.04. The number of nitrogens with zero attached hydrogens (tertiary/aromatic N) is 2. The molecule has 3 nitrogen and oxygen atoms in total. The summed E-state index contributed by atoms with van der Waals surface area (Å²) in [5, 5.41) is 2.82. The van der Waals surface area contributed by atoms with Crippen LogP contribution in [0.1, 0.15) is 16.8 Å². The van der Waals surface area contributed by atoms with Crippen molar-refractivity contribution in [2.45, 2.75) is 13.5 Å². The minimum Gasteiger partial charge on any atom is -0.336 e. The van der Waals surface area contributed by atoms with Crippen molar-refractivity contribution in [1.29, 1.82) is 0 Å². The van der Waals surface area contributed by atoms with E-state index in [1.807, 2.05) is 12.1 Å². The number of aromatic nitrogens is 1. The number of nitrogens with one attached hydrogen (secondary N) is 1. The van der Waals surface area contributed by atoms with Crippen molar-refractivity contribution in [3.63, 3.8) is 0 Å². The smallest absolute Gasteiger partial charge is 0.152 e. The molecule has 0 saturated carbocycles. The quantitative estimate of drug-likeness (QED) is 0.854. The van der Waals surface area contributed by atoms with Crippen LogP contribution in [0.4, 0.5) is 14.5 Å². The number of hydrogen-bond acceptors (Lipinski definition) is 3. The SMILES string of the molecule is Cc1cc(F)cc(NC2=NCc3cccnc32)c1F. The van der Waals surface area contributed by atoms with E-state index in [1.54, 1.807) is 6.20 Å². The van der Waals surface area contributed by atoms with Gasteiger partial charge >= 0.3 is 0 Å². The Morgan fingerprint density at radius 2 is 2.11 bits per heavy atom. The highest BCUT2D eigenvalue weighted by atomic mass is 19.1. The van der Waals surface area contributed by atoms with E-state index in [0.29, 0.717) is 18.1 Å². The lowest BCUT2D eigenvalue weighted by molar-refractivity contribution is 0.596. The van der Waals surface area contributed by atoms with E-state index in [4.69, 9.17) is 0 Å². The molecule has 0 radical (unpaired) electrons. The van der Waals surface area contributed by atoms with Gasteiger partial charge < -0.3 is 5.32 Å². The Morgan fingerprint density at radius 3 is 2.95 bits per heavy atom. The Labute approximate surface area is 109 Å². The fourth-order valence-electron chi connectivity index (χ4n) is 2.06. The second-order valence-corrected chi connectivity index (χ2v) is 4.39. The third-order valence-electron chi connectivity index (χ3n) is 3.00. The summed E-state index contributed by atoms with van der Waals surface area (Å²) in [5.41, 5.74) is 1.99. The van der Waals surface area contributed by atoms with Crippen LogP contribution >= 0.6 is 0 Å².